The van der Waals surface area contributed by atoms with Crippen molar-refractivity contribution in [2.75, 3.05) is 26.2 Å². The molecule has 2 saturated heterocycles. The minimum Gasteiger partial charge on any atom is -0.317 e. The molecule has 2 aromatic heterocycles. The molecule has 2 unspecified atom stereocenters. The molecule has 1 N–H and O–H groups in total. The third kappa shape index (κ3) is 8.74. The molecule has 0 amide bonds. The summed E-state index contributed by atoms with van der Waals surface area (Å²) in [6, 6.07) is 12.6. The monoisotopic (exact) mass is 1030 g/mol. The molecular weight excluding hydrogens is 991 g/mol. The maximum Gasteiger partial charge on any atom is 0.235 e. The lowest BCUT2D eigenvalue weighted by atomic mass is 9.77. The molecule has 2 aliphatic heterocycles. The average Bonchev–Trinajstić information content (AvgIpc) is 3.40. The van der Waals surface area contributed by atoms with Crippen molar-refractivity contribution >= 4 is 96.9 Å². The number of nitrogens with one attached hydrogen (secondary N) is 1. The maximum absolute atomic E-state index is 12.2. The number of sulfonamides is 1. The number of benzene rings is 2. The zero-order chi connectivity index (χ0) is 37.4. The van der Waals surface area contributed by atoms with Crippen LogP contribution in [-0.2, 0) is 35.7 Å². The summed E-state index contributed by atoms with van der Waals surface area (Å²) in [6.45, 7) is 6.64. The van der Waals surface area contributed by atoms with Gasteiger partial charge in [-0.3, -0.25) is 9.97 Å². The second kappa shape index (κ2) is 17.1. The predicted molar refractivity (Wildman–Crippen MR) is 230 cm³/mol. The van der Waals surface area contributed by atoms with Crippen LogP contribution in [0.15, 0.2) is 78.7 Å². The van der Waals surface area contributed by atoms with Crippen LogP contribution in [0.4, 0.5) is 0 Å². The first-order valence-electron chi connectivity index (χ1n) is 18.0. The molecule has 0 saturated carbocycles. The van der Waals surface area contributed by atoms with Gasteiger partial charge in [-0.2, -0.15) is 4.31 Å². The Labute approximate surface area is 356 Å². The van der Waals surface area contributed by atoms with E-state index < -0.39 is 10.0 Å². The summed E-state index contributed by atoms with van der Waals surface area (Å²) in [5.74, 6) is 1.37. The lowest BCUT2D eigenvalue weighted by Crippen LogP contribution is -2.39. The van der Waals surface area contributed by atoms with E-state index in [1.165, 1.54) is 56.2 Å². The van der Waals surface area contributed by atoms with Crippen LogP contribution in [0.2, 0.25) is 10.0 Å². The van der Waals surface area contributed by atoms with Gasteiger partial charge in [0, 0.05) is 70.7 Å². The van der Waals surface area contributed by atoms with E-state index >= 15 is 0 Å². The number of aromatic nitrogens is 2. The van der Waals surface area contributed by atoms with Gasteiger partial charge in [-0.15, -0.1) is 0 Å². The van der Waals surface area contributed by atoms with Gasteiger partial charge in [0.15, 0.2) is 0 Å². The number of halogens is 6. The number of piperidine rings is 2. The zero-order valence-electron chi connectivity index (χ0n) is 29.0. The Morgan fingerprint density at radius 1 is 0.679 bits per heavy atom. The largest absolute Gasteiger partial charge is 0.317 e. The van der Waals surface area contributed by atoms with Crippen LogP contribution in [0.1, 0.15) is 82.3 Å². The van der Waals surface area contributed by atoms with E-state index in [1.807, 2.05) is 24.5 Å². The lowest BCUT2D eigenvalue weighted by Gasteiger charge is -2.36. The van der Waals surface area contributed by atoms with Crippen LogP contribution in [0.3, 0.4) is 0 Å². The van der Waals surface area contributed by atoms with E-state index in [0.29, 0.717) is 30.8 Å². The highest BCUT2D eigenvalue weighted by molar-refractivity contribution is 9.11. The van der Waals surface area contributed by atoms with Gasteiger partial charge in [-0.1, -0.05) is 61.6 Å². The molecule has 2 fully saturated rings. The molecule has 280 valence electrons. The van der Waals surface area contributed by atoms with Crippen LogP contribution >= 0.6 is 86.9 Å². The van der Waals surface area contributed by atoms with Gasteiger partial charge < -0.3 is 5.32 Å². The van der Waals surface area contributed by atoms with Crippen molar-refractivity contribution in [2.24, 2.45) is 11.8 Å². The second-order valence-corrected chi connectivity index (χ2v) is 20.6. The first-order chi connectivity index (χ1) is 25.4. The highest BCUT2D eigenvalue weighted by Crippen LogP contribution is 2.47. The smallest absolute Gasteiger partial charge is 0.235 e. The molecule has 0 bridgehead atoms. The number of nitrogens with zero attached hydrogens (tertiary/aromatic N) is 3. The van der Waals surface area contributed by atoms with Gasteiger partial charge >= 0.3 is 0 Å². The Bertz CT molecular complexity index is 2140. The first kappa shape index (κ1) is 40.1. The predicted octanol–water partition coefficient (Wildman–Crippen LogP) is 11.2. The van der Waals surface area contributed by atoms with E-state index in [0.717, 1.165) is 90.7 Å². The Hall–Kier alpha value is -1.15. The van der Waals surface area contributed by atoms with E-state index in [9.17, 15) is 8.42 Å². The van der Waals surface area contributed by atoms with Crippen LogP contribution in [0, 0.1) is 11.8 Å². The zero-order valence-corrected chi connectivity index (χ0v) is 37.7. The average molecular weight is 1030 g/mol. The summed E-state index contributed by atoms with van der Waals surface area (Å²) in [5.41, 5.74) is 10.2. The van der Waals surface area contributed by atoms with Crippen molar-refractivity contribution in [1.82, 2.24) is 19.6 Å². The molecule has 0 spiro atoms. The number of aryl methyl sites for hydroxylation is 4. The Morgan fingerprint density at radius 2 is 1.11 bits per heavy atom. The Morgan fingerprint density at radius 3 is 1.57 bits per heavy atom. The minimum atomic E-state index is -3.37. The molecule has 13 heteroatoms. The van der Waals surface area contributed by atoms with Gasteiger partial charge in [0.05, 0.1) is 11.4 Å². The van der Waals surface area contributed by atoms with Crippen LogP contribution in [-0.4, -0.2) is 48.9 Å². The molecular formula is C40H40Br4Cl2N4O2S. The molecule has 6 nitrogen and oxygen atoms in total. The molecule has 0 radical (unpaired) electrons. The highest BCUT2D eigenvalue weighted by Gasteiger charge is 2.38. The summed E-state index contributed by atoms with van der Waals surface area (Å²) >= 11 is 27.4. The fourth-order valence-electron chi connectivity index (χ4n) is 8.81. The van der Waals surface area contributed by atoms with Crippen molar-refractivity contribution < 1.29 is 8.42 Å². The molecule has 2 aliphatic carbocycles. The summed E-state index contributed by atoms with van der Waals surface area (Å²) in [7, 11) is -3.37. The first-order valence-corrected chi connectivity index (χ1v) is 23.4. The number of hydrogen-bond donors (Lipinski definition) is 1. The number of rotatable bonds is 4. The molecule has 4 aliphatic rings. The van der Waals surface area contributed by atoms with E-state index in [-0.39, 0.29) is 5.92 Å². The number of hydrogen-bond acceptors (Lipinski definition) is 5. The quantitative estimate of drug-likeness (QED) is 0.220. The molecule has 8 rings (SSSR count). The number of pyridine rings is 2. The van der Waals surface area contributed by atoms with Crippen molar-refractivity contribution in [2.45, 2.75) is 63.2 Å². The summed E-state index contributed by atoms with van der Waals surface area (Å²) < 4.78 is 30.1. The normalized spacial score (nSPS) is 20.8. The van der Waals surface area contributed by atoms with Crippen molar-refractivity contribution in [1.29, 1.82) is 0 Å². The van der Waals surface area contributed by atoms with Gasteiger partial charge in [0.25, 0.3) is 0 Å². The van der Waals surface area contributed by atoms with Gasteiger partial charge in [-0.05, 0) is 178 Å². The topological polar surface area (TPSA) is 75.2 Å². The van der Waals surface area contributed by atoms with Crippen molar-refractivity contribution in [3.8, 4) is 0 Å². The number of fused-ring (bicyclic) bond motifs is 4. The fraction of sp³-hybridized carbons (Fsp3) is 0.400. The van der Waals surface area contributed by atoms with Crippen LogP contribution in [0.5, 0.6) is 0 Å². The molecule has 4 heterocycles. The molecule has 2 atom stereocenters. The van der Waals surface area contributed by atoms with Crippen LogP contribution in [0.25, 0.3) is 0 Å². The summed E-state index contributed by atoms with van der Waals surface area (Å²) in [5, 5.41) is 6.07. The standard InChI is InChI=1S/C21H21Br2ClN2O2S.C19H19Br2ClN2/c1-2-29(27,28)26-7-5-13(6-8-26)20-19-14(10-17(24)11-18(19)23)3-4-15-9-16(22)12-25-21(15)20;20-14-7-13-2-1-12-8-15(22)9-16(21)17(12)18(19(13)24-10-14)11-3-5-23-6-4-11/h2,9-13,20H,1,3-8H2;7-11,18,23H,1-6H2. The SMILES string of the molecule is C=CS(=O)(=O)N1CCC(C2c3ncc(Br)cc3CCc3cc(Cl)cc(Br)c32)CC1.Clc1cc(Br)c2c(c1)CCc1cc(Br)cnc1C2C1CCNCC1. The van der Waals surface area contributed by atoms with Gasteiger partial charge in [-0.25, -0.2) is 8.42 Å². The van der Waals surface area contributed by atoms with Crippen molar-refractivity contribution in [3.63, 3.8) is 0 Å². The maximum atomic E-state index is 12.2. The summed E-state index contributed by atoms with van der Waals surface area (Å²) in [6.07, 6.45) is 11.6. The fourth-order valence-corrected chi connectivity index (χ4v) is 12.7. The van der Waals surface area contributed by atoms with Crippen LogP contribution < -0.4 is 5.32 Å². The Balaban J connectivity index is 0.000000167. The Kier molecular flexibility index (Phi) is 13.0. The molecule has 53 heavy (non-hydrogen) atoms. The third-order valence-corrected chi connectivity index (χ3v) is 15.4. The van der Waals surface area contributed by atoms with E-state index in [2.05, 4.69) is 99.9 Å². The van der Waals surface area contributed by atoms with E-state index in [1.54, 1.807) is 0 Å². The van der Waals surface area contributed by atoms with Gasteiger partial charge in [0.1, 0.15) is 0 Å². The lowest BCUT2D eigenvalue weighted by molar-refractivity contribution is 0.256. The highest BCUT2D eigenvalue weighted by atomic mass is 79.9. The summed E-state index contributed by atoms with van der Waals surface area (Å²) in [4.78, 5) is 9.71. The van der Waals surface area contributed by atoms with E-state index in [4.69, 9.17) is 33.2 Å². The third-order valence-electron chi connectivity index (χ3n) is 11.2. The molecule has 2 aromatic carbocycles. The van der Waals surface area contributed by atoms with Gasteiger partial charge in [0.2, 0.25) is 10.0 Å². The van der Waals surface area contributed by atoms with Crippen molar-refractivity contribution in [3.05, 3.63) is 133 Å². The second-order valence-electron chi connectivity index (χ2n) is 14.3. The minimum absolute atomic E-state index is 0.107. The molecule has 4 aromatic rings.